The highest BCUT2D eigenvalue weighted by atomic mass is 16.5. The van der Waals surface area contributed by atoms with E-state index in [1.54, 1.807) is 7.11 Å². The molecule has 0 amide bonds. The molecule has 0 unspecified atom stereocenters. The molecule has 0 bridgehead atoms. The summed E-state index contributed by atoms with van der Waals surface area (Å²) in [6.45, 7) is 7.98. The van der Waals surface area contributed by atoms with Gasteiger partial charge in [0.25, 0.3) is 0 Å². The third-order valence-corrected chi connectivity index (χ3v) is 2.68. The predicted octanol–water partition coefficient (Wildman–Crippen LogP) is 4.01. The third-order valence-electron chi connectivity index (χ3n) is 2.68. The summed E-state index contributed by atoms with van der Waals surface area (Å²) in [5, 5.41) is 1.32. The van der Waals surface area contributed by atoms with Crippen LogP contribution in [0, 0.1) is 6.92 Å². The Kier molecular flexibility index (Phi) is 5.78. The first kappa shape index (κ1) is 13.8. The molecule has 2 rings (SSSR count). The summed E-state index contributed by atoms with van der Waals surface area (Å²) in [6, 6.07) is 8.74. The number of nitrogens with zero attached hydrogens (tertiary/aromatic N) is 1. The van der Waals surface area contributed by atoms with Gasteiger partial charge in [0.05, 0.1) is 0 Å². The van der Waals surface area contributed by atoms with E-state index < -0.39 is 0 Å². The van der Waals surface area contributed by atoms with E-state index >= 15 is 0 Å². The van der Waals surface area contributed by atoms with Crippen molar-refractivity contribution in [2.24, 2.45) is 0 Å². The Morgan fingerprint density at radius 2 is 1.94 bits per heavy atom. The molecule has 0 N–H and O–H groups in total. The minimum Gasteiger partial charge on any atom is -0.385 e. The fourth-order valence-electron chi connectivity index (χ4n) is 1.87. The minimum absolute atomic E-state index is 0.825. The van der Waals surface area contributed by atoms with Gasteiger partial charge in [-0.1, -0.05) is 26.0 Å². The summed E-state index contributed by atoms with van der Waals surface area (Å²) >= 11 is 0. The van der Waals surface area contributed by atoms with Crippen LogP contribution < -0.4 is 0 Å². The van der Waals surface area contributed by atoms with E-state index in [0.29, 0.717) is 0 Å². The van der Waals surface area contributed by atoms with Crippen LogP contribution in [0.3, 0.4) is 0 Å². The average Bonchev–Trinajstić information content (AvgIpc) is 2.75. The number of aryl methyl sites for hydroxylation is 2. The van der Waals surface area contributed by atoms with Crippen molar-refractivity contribution in [1.82, 2.24) is 4.57 Å². The van der Waals surface area contributed by atoms with E-state index in [1.807, 2.05) is 13.8 Å². The van der Waals surface area contributed by atoms with Gasteiger partial charge in [0.15, 0.2) is 0 Å². The summed E-state index contributed by atoms with van der Waals surface area (Å²) in [6.07, 6.45) is 3.22. The van der Waals surface area contributed by atoms with Crippen molar-refractivity contribution in [2.75, 3.05) is 13.7 Å². The second-order valence-electron chi connectivity index (χ2n) is 3.92. The lowest BCUT2D eigenvalue weighted by Crippen LogP contribution is -1.99. The molecule has 0 aliphatic heterocycles. The lowest BCUT2D eigenvalue weighted by Gasteiger charge is -2.05. The molecule has 0 aliphatic rings. The Morgan fingerprint density at radius 3 is 2.65 bits per heavy atom. The summed E-state index contributed by atoms with van der Waals surface area (Å²) in [7, 11) is 1.75. The maximum Gasteiger partial charge on any atom is 0.0482 e. The number of benzene rings is 1. The summed E-state index contributed by atoms with van der Waals surface area (Å²) < 4.78 is 7.36. The van der Waals surface area contributed by atoms with Crippen LogP contribution in [0.5, 0.6) is 0 Å². The Hall–Kier alpha value is -1.28. The highest BCUT2D eigenvalue weighted by Gasteiger charge is 2.00. The highest BCUT2D eigenvalue weighted by molar-refractivity contribution is 5.80. The van der Waals surface area contributed by atoms with Crippen molar-refractivity contribution >= 4 is 10.9 Å². The quantitative estimate of drug-likeness (QED) is 0.728. The Morgan fingerprint density at radius 1 is 1.18 bits per heavy atom. The summed E-state index contributed by atoms with van der Waals surface area (Å²) in [5.74, 6) is 0. The van der Waals surface area contributed by atoms with Crippen LogP contribution in [0.2, 0.25) is 0 Å². The molecule has 2 nitrogen and oxygen atoms in total. The molecule has 0 fully saturated rings. The van der Waals surface area contributed by atoms with Gasteiger partial charge < -0.3 is 9.30 Å². The molecule has 2 aromatic rings. The first-order chi connectivity index (χ1) is 8.31. The zero-order valence-corrected chi connectivity index (χ0v) is 11.4. The Bertz CT molecular complexity index is 445. The van der Waals surface area contributed by atoms with Crippen LogP contribution in [0.1, 0.15) is 25.8 Å². The number of rotatable bonds is 4. The fourth-order valence-corrected chi connectivity index (χ4v) is 1.87. The lowest BCUT2D eigenvalue weighted by atomic mass is 10.2. The number of aromatic nitrogens is 1. The van der Waals surface area contributed by atoms with E-state index in [1.165, 1.54) is 16.5 Å². The molecular weight excluding hydrogens is 210 g/mol. The topological polar surface area (TPSA) is 14.2 Å². The van der Waals surface area contributed by atoms with Crippen molar-refractivity contribution in [2.45, 2.75) is 33.7 Å². The zero-order valence-electron chi connectivity index (χ0n) is 11.4. The van der Waals surface area contributed by atoms with Crippen LogP contribution in [0.4, 0.5) is 0 Å². The monoisotopic (exact) mass is 233 g/mol. The SMILES string of the molecule is CC.COCCCn1ccc2ccc(C)cc21. The standard InChI is InChI=1S/C13H17NO.C2H6/c1-11-4-5-12-6-8-14(13(12)10-11)7-3-9-15-2;1-2/h4-6,8,10H,3,7,9H2,1-2H3;1-2H3. The van der Waals surface area contributed by atoms with Gasteiger partial charge in [-0.3, -0.25) is 0 Å². The molecule has 2 heteroatoms. The highest BCUT2D eigenvalue weighted by Crippen LogP contribution is 2.17. The minimum atomic E-state index is 0.825. The average molecular weight is 233 g/mol. The molecule has 0 saturated carbocycles. The molecule has 17 heavy (non-hydrogen) atoms. The smallest absolute Gasteiger partial charge is 0.0482 e. The van der Waals surface area contributed by atoms with Gasteiger partial charge in [0.2, 0.25) is 0 Å². The van der Waals surface area contributed by atoms with Gasteiger partial charge in [-0.25, -0.2) is 0 Å². The fraction of sp³-hybridized carbons (Fsp3) is 0.467. The molecular formula is C15H23NO. The van der Waals surface area contributed by atoms with Crippen molar-refractivity contribution in [3.8, 4) is 0 Å². The van der Waals surface area contributed by atoms with Crippen molar-refractivity contribution in [3.63, 3.8) is 0 Å². The molecule has 94 valence electrons. The van der Waals surface area contributed by atoms with Crippen molar-refractivity contribution < 1.29 is 4.74 Å². The Labute approximate surface area is 104 Å². The van der Waals surface area contributed by atoms with Gasteiger partial charge in [-0.05, 0) is 36.4 Å². The number of hydrogen-bond acceptors (Lipinski definition) is 1. The van der Waals surface area contributed by atoms with Crippen molar-refractivity contribution in [3.05, 3.63) is 36.0 Å². The lowest BCUT2D eigenvalue weighted by molar-refractivity contribution is 0.190. The number of hydrogen-bond donors (Lipinski definition) is 0. The van der Waals surface area contributed by atoms with E-state index in [9.17, 15) is 0 Å². The van der Waals surface area contributed by atoms with Crippen LogP contribution >= 0.6 is 0 Å². The molecule has 0 spiro atoms. The van der Waals surface area contributed by atoms with Crippen LogP contribution in [-0.2, 0) is 11.3 Å². The van der Waals surface area contributed by atoms with Gasteiger partial charge in [0, 0.05) is 32.0 Å². The summed E-state index contributed by atoms with van der Waals surface area (Å²) in [5.41, 5.74) is 2.64. The maximum absolute atomic E-state index is 5.06. The van der Waals surface area contributed by atoms with Crippen molar-refractivity contribution in [1.29, 1.82) is 0 Å². The van der Waals surface area contributed by atoms with E-state index in [2.05, 4.69) is 42.0 Å². The van der Waals surface area contributed by atoms with Gasteiger partial charge in [-0.2, -0.15) is 0 Å². The molecule has 0 atom stereocenters. The van der Waals surface area contributed by atoms with E-state index in [4.69, 9.17) is 4.74 Å². The first-order valence-corrected chi connectivity index (χ1v) is 6.35. The molecule has 0 radical (unpaired) electrons. The maximum atomic E-state index is 5.06. The number of methoxy groups -OCH3 is 1. The van der Waals surface area contributed by atoms with Gasteiger partial charge in [-0.15, -0.1) is 0 Å². The first-order valence-electron chi connectivity index (χ1n) is 6.35. The second kappa shape index (κ2) is 7.13. The largest absolute Gasteiger partial charge is 0.385 e. The Balaban J connectivity index is 0.000000686. The molecule has 0 aliphatic carbocycles. The second-order valence-corrected chi connectivity index (χ2v) is 3.92. The zero-order chi connectivity index (χ0) is 12.7. The van der Waals surface area contributed by atoms with Gasteiger partial charge >= 0.3 is 0 Å². The normalized spacial score (nSPS) is 10.1. The third kappa shape index (κ3) is 3.60. The van der Waals surface area contributed by atoms with Gasteiger partial charge in [0.1, 0.15) is 0 Å². The van der Waals surface area contributed by atoms with Crippen LogP contribution in [0.25, 0.3) is 10.9 Å². The number of ether oxygens (including phenoxy) is 1. The molecule has 1 aromatic heterocycles. The molecule has 0 saturated heterocycles. The predicted molar refractivity (Wildman–Crippen MR) is 74.5 cm³/mol. The molecule has 1 aromatic carbocycles. The van der Waals surface area contributed by atoms with Crippen LogP contribution in [0.15, 0.2) is 30.5 Å². The van der Waals surface area contributed by atoms with E-state index in [0.717, 1.165) is 19.6 Å². The van der Waals surface area contributed by atoms with Crippen LogP contribution in [-0.4, -0.2) is 18.3 Å². The summed E-state index contributed by atoms with van der Waals surface area (Å²) in [4.78, 5) is 0. The number of fused-ring (bicyclic) bond motifs is 1. The molecule has 1 heterocycles. The van der Waals surface area contributed by atoms with E-state index in [-0.39, 0.29) is 0 Å².